The van der Waals surface area contributed by atoms with Crippen LogP contribution in [0.2, 0.25) is 36.3 Å². The monoisotopic (exact) mass is 359 g/mol. The van der Waals surface area contributed by atoms with Crippen molar-refractivity contribution >= 4 is 33.3 Å². The predicted octanol–water partition coefficient (Wildman–Crippen LogP) is 4.25. The van der Waals surface area contributed by atoms with Crippen LogP contribution in [-0.4, -0.2) is 42.4 Å². The fourth-order valence-electron chi connectivity index (χ4n) is 4.25. The van der Waals surface area contributed by atoms with Crippen molar-refractivity contribution in [2.24, 2.45) is 0 Å². The molecule has 0 aliphatic carbocycles. The third kappa shape index (κ3) is 2.88. The predicted molar refractivity (Wildman–Crippen MR) is 106 cm³/mol. The Bertz CT molecular complexity index is 700. The molecule has 2 aromatic rings. The Morgan fingerprint density at radius 3 is 2.38 bits per heavy atom. The van der Waals surface area contributed by atoms with E-state index in [0.717, 1.165) is 11.3 Å². The van der Waals surface area contributed by atoms with Crippen LogP contribution in [-0.2, 0) is 0 Å². The first kappa shape index (κ1) is 17.5. The number of anilines is 1. The standard InChI is InChI=1S/C17H29N5Si2/c1-5-23(6-2)9-10-24(7-3,8-4)22(14-23)16-12-19-17-15(21-16)11-18-13-20-17/h11-13H,5-10,14H2,1-4H3. The lowest BCUT2D eigenvalue weighted by atomic mass is 10.5. The lowest BCUT2D eigenvalue weighted by Crippen LogP contribution is -2.64. The Hall–Kier alpha value is -1.35. The van der Waals surface area contributed by atoms with Gasteiger partial charge in [-0.05, 0) is 18.1 Å². The maximum atomic E-state index is 4.92. The summed E-state index contributed by atoms with van der Waals surface area (Å²) in [5, 5.41) is 0. The molecule has 0 aromatic carbocycles. The van der Waals surface area contributed by atoms with Gasteiger partial charge in [0.2, 0.25) is 0 Å². The summed E-state index contributed by atoms with van der Waals surface area (Å²) in [6.45, 7) is 9.57. The average Bonchev–Trinajstić information content (AvgIpc) is 2.67. The highest BCUT2D eigenvalue weighted by molar-refractivity contribution is 6.92. The number of hydrogen-bond acceptors (Lipinski definition) is 5. The molecule has 0 saturated carbocycles. The minimum absolute atomic E-state index is 0.695. The van der Waals surface area contributed by atoms with Gasteiger partial charge in [-0.3, -0.25) is 0 Å². The Kier molecular flexibility index (Phi) is 5.01. The second-order valence-electron chi connectivity index (χ2n) is 7.18. The van der Waals surface area contributed by atoms with Crippen molar-refractivity contribution in [1.82, 2.24) is 19.9 Å². The van der Waals surface area contributed by atoms with E-state index in [1.165, 1.54) is 42.4 Å². The lowest BCUT2D eigenvalue weighted by Gasteiger charge is -2.52. The minimum Gasteiger partial charge on any atom is -0.384 e. The van der Waals surface area contributed by atoms with Gasteiger partial charge in [0.25, 0.3) is 0 Å². The maximum Gasteiger partial charge on any atom is 0.181 e. The first-order chi connectivity index (χ1) is 11.6. The topological polar surface area (TPSA) is 54.8 Å². The zero-order valence-corrected chi connectivity index (χ0v) is 17.4. The van der Waals surface area contributed by atoms with Crippen molar-refractivity contribution in [3.05, 3.63) is 18.7 Å². The maximum absolute atomic E-state index is 4.92. The van der Waals surface area contributed by atoms with E-state index in [0.29, 0.717) is 5.65 Å². The van der Waals surface area contributed by atoms with E-state index < -0.39 is 16.3 Å². The second-order valence-corrected chi connectivity index (χ2v) is 17.3. The Morgan fingerprint density at radius 1 is 0.958 bits per heavy atom. The van der Waals surface area contributed by atoms with Crippen molar-refractivity contribution in [3.63, 3.8) is 0 Å². The zero-order valence-electron chi connectivity index (χ0n) is 15.4. The molecule has 3 rings (SSSR count). The molecule has 7 heteroatoms. The van der Waals surface area contributed by atoms with Crippen LogP contribution in [0.5, 0.6) is 0 Å². The zero-order chi connectivity index (χ0) is 17.2. The first-order valence-electron chi connectivity index (χ1n) is 9.32. The normalized spacial score (nSPS) is 19.6. The van der Waals surface area contributed by atoms with Crippen molar-refractivity contribution in [2.75, 3.05) is 10.7 Å². The van der Waals surface area contributed by atoms with Crippen LogP contribution in [0.4, 0.5) is 5.82 Å². The second kappa shape index (κ2) is 6.88. The third-order valence-corrected chi connectivity index (χ3v) is 17.9. The van der Waals surface area contributed by atoms with Gasteiger partial charge in [-0.25, -0.2) is 19.9 Å². The molecule has 0 spiro atoms. The van der Waals surface area contributed by atoms with Crippen molar-refractivity contribution in [2.45, 2.75) is 64.0 Å². The quantitative estimate of drug-likeness (QED) is 0.747. The van der Waals surface area contributed by atoms with Gasteiger partial charge in [0, 0.05) is 6.17 Å². The fourth-order valence-corrected chi connectivity index (χ4v) is 16.1. The molecule has 0 N–H and O–H groups in total. The fraction of sp³-hybridized carbons (Fsp3) is 0.647. The van der Waals surface area contributed by atoms with Gasteiger partial charge >= 0.3 is 0 Å². The molecular formula is C17H29N5Si2. The summed E-state index contributed by atoms with van der Waals surface area (Å²) in [7, 11) is -2.69. The minimum atomic E-state index is -1.48. The van der Waals surface area contributed by atoms with Crippen molar-refractivity contribution in [3.8, 4) is 0 Å². The van der Waals surface area contributed by atoms with Gasteiger partial charge in [0.05, 0.1) is 20.5 Å². The molecule has 1 aliphatic rings. The van der Waals surface area contributed by atoms with Gasteiger partial charge < -0.3 is 4.57 Å². The number of hydrogen-bond donors (Lipinski definition) is 0. The smallest absolute Gasteiger partial charge is 0.181 e. The van der Waals surface area contributed by atoms with E-state index in [-0.39, 0.29) is 0 Å². The molecule has 0 unspecified atom stereocenters. The largest absolute Gasteiger partial charge is 0.384 e. The van der Waals surface area contributed by atoms with Crippen LogP contribution >= 0.6 is 0 Å². The molecule has 2 aromatic heterocycles. The number of nitrogens with zero attached hydrogens (tertiary/aromatic N) is 5. The average molecular weight is 360 g/mol. The molecule has 1 aliphatic heterocycles. The molecule has 24 heavy (non-hydrogen) atoms. The van der Waals surface area contributed by atoms with E-state index in [1.807, 2.05) is 6.20 Å². The molecule has 1 fully saturated rings. The van der Waals surface area contributed by atoms with Crippen LogP contribution in [0.3, 0.4) is 0 Å². The van der Waals surface area contributed by atoms with Crippen molar-refractivity contribution < 1.29 is 0 Å². The number of aromatic nitrogens is 4. The van der Waals surface area contributed by atoms with Crippen molar-refractivity contribution in [1.29, 1.82) is 0 Å². The van der Waals surface area contributed by atoms with Crippen LogP contribution < -0.4 is 4.57 Å². The van der Waals surface area contributed by atoms with Gasteiger partial charge in [0.15, 0.2) is 13.9 Å². The van der Waals surface area contributed by atoms with E-state index in [2.05, 4.69) is 47.2 Å². The Labute approximate surface area is 147 Å². The summed E-state index contributed by atoms with van der Waals surface area (Å²) in [5.74, 6) is 1.08. The van der Waals surface area contributed by atoms with Gasteiger partial charge in [-0.15, -0.1) is 0 Å². The van der Waals surface area contributed by atoms with Crippen LogP contribution in [0, 0.1) is 0 Å². The Balaban J connectivity index is 2.06. The van der Waals surface area contributed by atoms with Gasteiger partial charge in [-0.1, -0.05) is 45.8 Å². The molecule has 1 saturated heterocycles. The van der Waals surface area contributed by atoms with E-state index in [4.69, 9.17) is 4.98 Å². The first-order valence-corrected chi connectivity index (χ1v) is 14.7. The Morgan fingerprint density at radius 2 is 1.71 bits per heavy atom. The summed E-state index contributed by atoms with van der Waals surface area (Å²) < 4.78 is 2.75. The summed E-state index contributed by atoms with van der Waals surface area (Å²) in [5.41, 5.74) is 1.51. The summed E-state index contributed by atoms with van der Waals surface area (Å²) in [6, 6.07) is 8.29. The third-order valence-electron chi connectivity index (χ3n) is 6.49. The molecule has 0 amide bonds. The summed E-state index contributed by atoms with van der Waals surface area (Å²) in [6.07, 6.45) is 6.55. The molecule has 3 heterocycles. The molecule has 5 nitrogen and oxygen atoms in total. The van der Waals surface area contributed by atoms with Gasteiger partial charge in [0.1, 0.15) is 17.7 Å². The highest BCUT2D eigenvalue weighted by Gasteiger charge is 2.47. The number of rotatable bonds is 5. The van der Waals surface area contributed by atoms with E-state index >= 15 is 0 Å². The highest BCUT2D eigenvalue weighted by Crippen LogP contribution is 2.41. The molecular weight excluding hydrogens is 330 g/mol. The number of fused-ring (bicyclic) bond motifs is 1. The van der Waals surface area contributed by atoms with Gasteiger partial charge in [-0.2, -0.15) is 0 Å². The highest BCUT2D eigenvalue weighted by atomic mass is 28.3. The lowest BCUT2D eigenvalue weighted by molar-refractivity contribution is 0.937. The SMILES string of the molecule is CC[Si]1(CC)CC[Si](CC)(CC)N(c2cnc3ncncc3n2)C1. The van der Waals surface area contributed by atoms with Crippen LogP contribution in [0.25, 0.3) is 11.2 Å². The molecule has 0 bridgehead atoms. The van der Waals surface area contributed by atoms with E-state index in [9.17, 15) is 0 Å². The van der Waals surface area contributed by atoms with Crippen LogP contribution in [0.15, 0.2) is 18.7 Å². The molecule has 130 valence electrons. The van der Waals surface area contributed by atoms with Crippen LogP contribution in [0.1, 0.15) is 27.7 Å². The summed E-state index contributed by atoms with van der Waals surface area (Å²) >= 11 is 0. The summed E-state index contributed by atoms with van der Waals surface area (Å²) in [4.78, 5) is 17.8. The van der Waals surface area contributed by atoms with E-state index in [1.54, 1.807) is 12.5 Å². The molecule has 0 atom stereocenters. The molecule has 0 radical (unpaired) electrons.